The van der Waals surface area contributed by atoms with Gasteiger partial charge in [-0.15, -0.1) is 11.1 Å². The van der Waals surface area contributed by atoms with Gasteiger partial charge in [0.05, 0.1) is 10.6 Å². The van der Waals surface area contributed by atoms with Gasteiger partial charge in [0, 0.05) is 6.07 Å². The van der Waals surface area contributed by atoms with Gasteiger partial charge in [-0.2, -0.15) is 6.92 Å². The fourth-order valence-electron chi connectivity index (χ4n) is 1.65. The van der Waals surface area contributed by atoms with Crippen LogP contribution in [0.5, 0.6) is 0 Å². The van der Waals surface area contributed by atoms with Crippen LogP contribution in [-0.4, -0.2) is 13.0 Å². The van der Waals surface area contributed by atoms with Crippen molar-refractivity contribution in [3.63, 3.8) is 0 Å². The molecule has 1 aromatic heterocycles. The molecule has 2 rings (SSSR count). The molecule has 1 heterocycles. The van der Waals surface area contributed by atoms with Crippen LogP contribution < -0.4 is 70.5 Å². The molecule has 2 N–H and O–H groups in total. The fourth-order valence-corrected chi connectivity index (χ4v) is 2.26. The van der Waals surface area contributed by atoms with Crippen LogP contribution in [0.2, 0.25) is 0 Å². The number of aryl methyl sites for hydroxylation is 1. The van der Waals surface area contributed by atoms with Gasteiger partial charge < -0.3 is 19.5 Å². The summed E-state index contributed by atoms with van der Waals surface area (Å²) in [6, 6.07) is 2.24. The Hall–Kier alpha value is 0.0100. The molecule has 0 aliphatic heterocycles. The van der Waals surface area contributed by atoms with Gasteiger partial charge in [-0.25, -0.2) is 8.42 Å². The van der Waals surface area contributed by atoms with E-state index >= 15 is 0 Å². The number of nitrogens with two attached hydrogens (primary N) is 1. The van der Waals surface area contributed by atoms with Crippen molar-refractivity contribution in [2.75, 3.05) is 5.73 Å². The smallest absolute Gasteiger partial charge is 0.744 e. The molecule has 0 spiro atoms. The average molecular weight is 313 g/mol. The summed E-state index contributed by atoms with van der Waals surface area (Å²) in [5.41, 5.74) is 5.26. The second kappa shape index (κ2) is 6.85. The molecule has 0 bridgehead atoms. The fraction of sp³-hybridized carbons (Fsp3) is 0.0909. The van der Waals surface area contributed by atoms with Crippen molar-refractivity contribution in [2.24, 2.45) is 0 Å². The summed E-state index contributed by atoms with van der Waals surface area (Å²) in [6.07, 6.45) is 0. The van der Waals surface area contributed by atoms with Crippen molar-refractivity contribution in [2.45, 2.75) is 11.8 Å². The van der Waals surface area contributed by atoms with E-state index in [4.69, 9.17) is 10.2 Å². The minimum atomic E-state index is -4.68. The summed E-state index contributed by atoms with van der Waals surface area (Å²) in [4.78, 5) is 10.9. The standard InChI is InChI=1S/C11H10NO5S.2Na/c1-5-6(2)11(13)17-9-4-8(12)10(3-7(5)9)18(14,15)16;;/h3-4H,2,12H2,1H3,(H,14,15,16);;/q-1;2*+1/p-1. The molecule has 0 unspecified atom stereocenters. The van der Waals surface area contributed by atoms with Gasteiger partial charge in [-0.1, -0.05) is 6.92 Å². The number of benzene rings is 1. The maximum absolute atomic E-state index is 11.4. The molecule has 0 radical (unpaired) electrons. The zero-order valence-electron chi connectivity index (χ0n) is 11.4. The van der Waals surface area contributed by atoms with E-state index < -0.39 is 20.6 Å². The Morgan fingerprint density at radius 3 is 2.35 bits per heavy atom. The number of hydrogen-bond acceptors (Lipinski definition) is 6. The molecule has 0 atom stereocenters. The molecule has 0 aliphatic carbocycles. The van der Waals surface area contributed by atoms with Gasteiger partial charge in [-0.05, 0) is 11.5 Å². The van der Waals surface area contributed by atoms with Crippen molar-refractivity contribution in [1.29, 1.82) is 0 Å². The SMILES string of the molecule is [CH2-]c1c(C)c2cc(S(=O)(=O)[O-])c(N)cc2oc1=O.[Na+].[Na+]. The van der Waals surface area contributed by atoms with Crippen molar-refractivity contribution in [3.8, 4) is 0 Å². The molecule has 2 aromatic rings. The maximum Gasteiger partial charge on any atom is 1.00 e. The summed E-state index contributed by atoms with van der Waals surface area (Å²) in [5.74, 6) is 0. The molecule has 9 heteroatoms. The van der Waals surface area contributed by atoms with E-state index in [1.54, 1.807) is 6.92 Å². The van der Waals surface area contributed by atoms with Gasteiger partial charge >= 0.3 is 59.1 Å². The van der Waals surface area contributed by atoms with E-state index in [-0.39, 0.29) is 75.9 Å². The van der Waals surface area contributed by atoms with E-state index in [1.807, 2.05) is 0 Å². The van der Waals surface area contributed by atoms with Gasteiger partial charge in [0.15, 0.2) is 0 Å². The summed E-state index contributed by atoms with van der Waals surface area (Å²) < 4.78 is 38.0. The van der Waals surface area contributed by atoms with Crippen LogP contribution in [0.4, 0.5) is 5.69 Å². The first-order valence-electron chi connectivity index (χ1n) is 4.86. The summed E-state index contributed by atoms with van der Waals surface area (Å²) >= 11 is 0. The molecule has 0 saturated heterocycles. The second-order valence-corrected chi connectivity index (χ2v) is 5.18. The first kappa shape index (κ1) is 20.0. The minimum absolute atomic E-state index is 0. The van der Waals surface area contributed by atoms with Gasteiger partial charge in [0.2, 0.25) is 5.63 Å². The first-order valence-corrected chi connectivity index (χ1v) is 6.27. The predicted molar refractivity (Wildman–Crippen MR) is 64.1 cm³/mol. The minimum Gasteiger partial charge on any atom is -0.744 e. The summed E-state index contributed by atoms with van der Waals surface area (Å²) in [5, 5.41) is 0.322. The third kappa shape index (κ3) is 3.61. The molecule has 6 nitrogen and oxygen atoms in total. The number of hydrogen-bond donors (Lipinski definition) is 1. The van der Waals surface area contributed by atoms with Crippen molar-refractivity contribution in [1.82, 2.24) is 0 Å². The molecule has 1 aromatic carbocycles. The molecule has 0 amide bonds. The molecule has 0 aliphatic rings. The van der Waals surface area contributed by atoms with Gasteiger partial charge in [-0.3, -0.25) is 0 Å². The third-order valence-electron chi connectivity index (χ3n) is 2.69. The van der Waals surface area contributed by atoms with E-state index in [0.717, 1.165) is 12.1 Å². The number of anilines is 1. The zero-order chi connectivity index (χ0) is 13.7. The van der Waals surface area contributed by atoms with Crippen LogP contribution in [-0.2, 0) is 10.1 Å². The van der Waals surface area contributed by atoms with Crippen LogP contribution >= 0.6 is 0 Å². The first-order chi connectivity index (χ1) is 8.21. The van der Waals surface area contributed by atoms with Crippen LogP contribution in [0.25, 0.3) is 11.0 Å². The molecule has 20 heavy (non-hydrogen) atoms. The van der Waals surface area contributed by atoms with Crippen LogP contribution in [0.3, 0.4) is 0 Å². The summed E-state index contributed by atoms with van der Waals surface area (Å²) in [7, 11) is -4.68. The average Bonchev–Trinajstić information content (AvgIpc) is 2.24. The van der Waals surface area contributed by atoms with Crippen LogP contribution in [0, 0.1) is 13.8 Å². The molecule has 96 valence electrons. The van der Waals surface area contributed by atoms with E-state index in [9.17, 15) is 17.8 Å². The second-order valence-electron chi connectivity index (χ2n) is 3.83. The van der Waals surface area contributed by atoms with Crippen LogP contribution in [0.15, 0.2) is 26.2 Å². The Kier molecular flexibility index (Phi) is 6.85. The quantitative estimate of drug-likeness (QED) is 0.185. The Morgan fingerprint density at radius 1 is 1.30 bits per heavy atom. The largest absolute Gasteiger partial charge is 1.00 e. The monoisotopic (exact) mass is 313 g/mol. The predicted octanol–water partition coefficient (Wildman–Crippen LogP) is -5.22. The molecule has 0 saturated carbocycles. The Bertz CT molecular complexity index is 814. The molecular weight excluding hydrogens is 304 g/mol. The Balaban J connectivity index is 0.00000180. The van der Waals surface area contributed by atoms with Gasteiger partial charge in [0.25, 0.3) is 0 Å². The van der Waals surface area contributed by atoms with Gasteiger partial charge in [0.1, 0.15) is 15.7 Å². The number of nitrogen functional groups attached to an aromatic ring is 1. The topological polar surface area (TPSA) is 113 Å². The number of fused-ring (bicyclic) bond motifs is 1. The van der Waals surface area contributed by atoms with Crippen LogP contribution in [0.1, 0.15) is 11.1 Å². The normalized spacial score (nSPS) is 10.7. The van der Waals surface area contributed by atoms with Crippen molar-refractivity contribution >= 4 is 26.8 Å². The maximum atomic E-state index is 11.4. The molecular formula is C11H9NNa2O5S. The van der Waals surface area contributed by atoms with E-state index in [0.29, 0.717) is 10.9 Å². The molecule has 0 fully saturated rings. The van der Waals surface area contributed by atoms with E-state index in [2.05, 4.69) is 6.92 Å². The number of rotatable bonds is 1. The zero-order valence-corrected chi connectivity index (χ0v) is 16.2. The third-order valence-corrected chi connectivity index (χ3v) is 3.58. The summed E-state index contributed by atoms with van der Waals surface area (Å²) in [6.45, 7) is 5.10. The Morgan fingerprint density at radius 2 is 1.85 bits per heavy atom. The van der Waals surface area contributed by atoms with Crippen molar-refractivity contribution in [3.05, 3.63) is 40.6 Å². The Labute approximate surface area is 160 Å². The van der Waals surface area contributed by atoms with E-state index in [1.165, 1.54) is 0 Å². The van der Waals surface area contributed by atoms with Crippen molar-refractivity contribution < 1.29 is 76.5 Å².